The molecule has 1 amide bonds. The van der Waals surface area contributed by atoms with Crippen LogP contribution in [0.2, 0.25) is 0 Å². The summed E-state index contributed by atoms with van der Waals surface area (Å²) >= 11 is 0. The van der Waals surface area contributed by atoms with E-state index in [4.69, 9.17) is 4.74 Å². The van der Waals surface area contributed by atoms with Crippen LogP contribution in [-0.4, -0.2) is 63.4 Å². The zero-order valence-electron chi connectivity index (χ0n) is 13.4. The van der Waals surface area contributed by atoms with Crippen molar-refractivity contribution in [2.75, 3.05) is 26.3 Å². The largest absolute Gasteiger partial charge is 0.378 e. The van der Waals surface area contributed by atoms with Crippen LogP contribution in [-0.2, 0) is 11.8 Å². The summed E-state index contributed by atoms with van der Waals surface area (Å²) in [5.74, 6) is -0.0701. The maximum absolute atomic E-state index is 12.7. The number of rotatable bonds is 3. The van der Waals surface area contributed by atoms with Crippen LogP contribution in [0.15, 0.2) is 18.6 Å². The molecular formula is C16H23N5O2. The number of nitrogens with one attached hydrogen (secondary N) is 1. The van der Waals surface area contributed by atoms with Crippen LogP contribution in [0.4, 0.5) is 0 Å². The lowest BCUT2D eigenvalue weighted by Crippen LogP contribution is -2.52. The van der Waals surface area contributed by atoms with Crippen molar-refractivity contribution in [2.24, 2.45) is 7.05 Å². The Balaban J connectivity index is 1.50. The SMILES string of the molecule is Cn1ccn2ncc(C(=O)N[C@H]3COC[C@@H]3N3CCCCC3)c12. The summed E-state index contributed by atoms with van der Waals surface area (Å²) in [4.78, 5) is 15.2. The highest BCUT2D eigenvalue weighted by molar-refractivity contribution is 6.00. The fraction of sp³-hybridized carbons (Fsp3) is 0.625. The average Bonchev–Trinajstić information content (AvgIpc) is 3.26. The van der Waals surface area contributed by atoms with Crippen molar-refractivity contribution >= 4 is 11.6 Å². The fourth-order valence-corrected chi connectivity index (χ4v) is 3.75. The van der Waals surface area contributed by atoms with Gasteiger partial charge >= 0.3 is 0 Å². The van der Waals surface area contributed by atoms with Crippen LogP contribution in [0.3, 0.4) is 0 Å². The number of likely N-dealkylation sites (tertiary alicyclic amines) is 1. The first-order chi connectivity index (χ1) is 11.2. The predicted molar refractivity (Wildman–Crippen MR) is 85.4 cm³/mol. The molecule has 0 bridgehead atoms. The molecular weight excluding hydrogens is 294 g/mol. The van der Waals surface area contributed by atoms with E-state index in [0.29, 0.717) is 24.8 Å². The molecule has 0 aliphatic carbocycles. The van der Waals surface area contributed by atoms with Crippen LogP contribution >= 0.6 is 0 Å². The third-order valence-electron chi connectivity index (χ3n) is 5.01. The second-order valence-corrected chi connectivity index (χ2v) is 6.52. The van der Waals surface area contributed by atoms with E-state index in [2.05, 4.69) is 15.3 Å². The van der Waals surface area contributed by atoms with Crippen molar-refractivity contribution in [1.29, 1.82) is 0 Å². The highest BCUT2D eigenvalue weighted by Gasteiger charge is 2.35. The number of aryl methyl sites for hydroxylation is 1. The summed E-state index contributed by atoms with van der Waals surface area (Å²) in [6.45, 7) is 3.51. The van der Waals surface area contributed by atoms with Crippen LogP contribution in [0.25, 0.3) is 5.65 Å². The van der Waals surface area contributed by atoms with Crippen molar-refractivity contribution in [3.63, 3.8) is 0 Å². The number of aromatic nitrogens is 3. The van der Waals surface area contributed by atoms with Gasteiger partial charge in [0, 0.05) is 19.4 Å². The van der Waals surface area contributed by atoms with Gasteiger partial charge in [-0.1, -0.05) is 6.42 Å². The maximum atomic E-state index is 12.7. The van der Waals surface area contributed by atoms with Gasteiger partial charge in [-0.05, 0) is 25.9 Å². The lowest BCUT2D eigenvalue weighted by atomic mass is 10.0. The fourth-order valence-electron chi connectivity index (χ4n) is 3.75. The Kier molecular flexibility index (Phi) is 3.82. The van der Waals surface area contributed by atoms with E-state index in [-0.39, 0.29) is 11.9 Å². The summed E-state index contributed by atoms with van der Waals surface area (Å²) in [5.41, 5.74) is 1.43. The maximum Gasteiger partial charge on any atom is 0.257 e. The topological polar surface area (TPSA) is 63.8 Å². The van der Waals surface area contributed by atoms with Gasteiger partial charge in [-0.25, -0.2) is 4.52 Å². The predicted octanol–water partition coefficient (Wildman–Crippen LogP) is 0.656. The smallest absolute Gasteiger partial charge is 0.257 e. The van der Waals surface area contributed by atoms with Gasteiger partial charge in [0.1, 0.15) is 11.2 Å². The highest BCUT2D eigenvalue weighted by Crippen LogP contribution is 2.20. The third-order valence-corrected chi connectivity index (χ3v) is 5.01. The molecule has 4 heterocycles. The number of fused-ring (bicyclic) bond motifs is 1. The minimum Gasteiger partial charge on any atom is -0.378 e. The van der Waals surface area contributed by atoms with Crippen LogP contribution in [0.5, 0.6) is 0 Å². The highest BCUT2D eigenvalue weighted by atomic mass is 16.5. The Morgan fingerprint density at radius 2 is 2.09 bits per heavy atom. The van der Waals surface area contributed by atoms with Gasteiger partial charge in [0.15, 0.2) is 0 Å². The zero-order valence-corrected chi connectivity index (χ0v) is 13.4. The quantitative estimate of drug-likeness (QED) is 0.903. The number of carbonyl (C=O) groups excluding carboxylic acids is 1. The molecule has 0 radical (unpaired) electrons. The summed E-state index contributed by atoms with van der Waals surface area (Å²) in [7, 11) is 1.92. The molecule has 2 aliphatic heterocycles. The van der Waals surface area contributed by atoms with Crippen molar-refractivity contribution in [3.8, 4) is 0 Å². The standard InChI is InChI=1S/C16H23N5O2/c1-19-7-8-21-16(19)12(9-17-21)15(22)18-13-10-23-11-14(13)20-5-3-2-4-6-20/h7-9,13-14H,2-6,10-11H2,1H3,(H,18,22)/t13-,14-/m0/s1. The minimum absolute atomic E-state index is 0.0517. The first kappa shape index (κ1) is 14.7. The van der Waals surface area contributed by atoms with E-state index in [1.165, 1.54) is 19.3 Å². The number of hydrogen-bond donors (Lipinski definition) is 1. The average molecular weight is 317 g/mol. The van der Waals surface area contributed by atoms with Gasteiger partial charge in [0.2, 0.25) is 0 Å². The molecule has 2 aromatic rings. The molecule has 2 atom stereocenters. The van der Waals surface area contributed by atoms with E-state index in [1.54, 1.807) is 10.7 Å². The zero-order chi connectivity index (χ0) is 15.8. The molecule has 2 aromatic heterocycles. The van der Waals surface area contributed by atoms with E-state index in [1.807, 2.05) is 24.0 Å². The van der Waals surface area contributed by atoms with Crippen molar-refractivity contribution in [3.05, 3.63) is 24.2 Å². The Labute approximate surface area is 135 Å². The minimum atomic E-state index is -0.0701. The summed E-state index contributed by atoms with van der Waals surface area (Å²) in [5, 5.41) is 7.40. The molecule has 7 nitrogen and oxygen atoms in total. The van der Waals surface area contributed by atoms with E-state index in [9.17, 15) is 4.79 Å². The molecule has 2 saturated heterocycles. The number of hydrogen-bond acceptors (Lipinski definition) is 4. The third kappa shape index (κ3) is 2.64. The Bertz CT molecular complexity index is 700. The monoisotopic (exact) mass is 317 g/mol. The summed E-state index contributed by atoms with van der Waals surface area (Å²) in [6, 6.07) is 0.342. The Morgan fingerprint density at radius 1 is 1.26 bits per heavy atom. The number of piperidine rings is 1. The van der Waals surface area contributed by atoms with Gasteiger partial charge in [-0.3, -0.25) is 9.69 Å². The molecule has 0 saturated carbocycles. The van der Waals surface area contributed by atoms with Gasteiger partial charge in [0.25, 0.3) is 5.91 Å². The van der Waals surface area contributed by atoms with Crippen molar-refractivity contribution in [1.82, 2.24) is 24.4 Å². The van der Waals surface area contributed by atoms with E-state index < -0.39 is 0 Å². The normalized spacial score (nSPS) is 26.0. The molecule has 0 aromatic carbocycles. The van der Waals surface area contributed by atoms with Crippen molar-refractivity contribution < 1.29 is 9.53 Å². The summed E-state index contributed by atoms with van der Waals surface area (Å²) < 4.78 is 9.29. The first-order valence-electron chi connectivity index (χ1n) is 8.35. The molecule has 23 heavy (non-hydrogen) atoms. The second-order valence-electron chi connectivity index (χ2n) is 6.52. The molecule has 1 N–H and O–H groups in total. The number of ether oxygens (including phenoxy) is 1. The Morgan fingerprint density at radius 3 is 2.91 bits per heavy atom. The lowest BCUT2D eigenvalue weighted by molar-refractivity contribution is 0.0901. The van der Waals surface area contributed by atoms with Gasteiger partial charge in [0.05, 0.1) is 31.5 Å². The van der Waals surface area contributed by atoms with Gasteiger partial charge in [-0.2, -0.15) is 5.10 Å². The molecule has 2 aliphatic rings. The van der Waals surface area contributed by atoms with E-state index >= 15 is 0 Å². The van der Waals surface area contributed by atoms with Gasteiger partial charge in [-0.15, -0.1) is 0 Å². The van der Waals surface area contributed by atoms with Crippen LogP contribution < -0.4 is 5.32 Å². The molecule has 124 valence electrons. The van der Waals surface area contributed by atoms with Gasteiger partial charge < -0.3 is 14.6 Å². The summed E-state index contributed by atoms with van der Waals surface area (Å²) in [6.07, 6.45) is 9.17. The van der Waals surface area contributed by atoms with Crippen LogP contribution in [0.1, 0.15) is 29.6 Å². The van der Waals surface area contributed by atoms with Crippen molar-refractivity contribution in [2.45, 2.75) is 31.3 Å². The number of carbonyl (C=O) groups is 1. The molecule has 0 spiro atoms. The first-order valence-corrected chi connectivity index (χ1v) is 8.35. The van der Waals surface area contributed by atoms with Crippen LogP contribution in [0, 0.1) is 0 Å². The molecule has 2 fully saturated rings. The molecule has 0 unspecified atom stereocenters. The number of amides is 1. The Hall–Kier alpha value is -1.86. The second kappa shape index (κ2) is 5.98. The lowest BCUT2D eigenvalue weighted by Gasteiger charge is -2.34. The molecule has 4 rings (SSSR count). The number of nitrogens with zero attached hydrogens (tertiary/aromatic N) is 4. The molecule has 7 heteroatoms. The van der Waals surface area contributed by atoms with E-state index in [0.717, 1.165) is 18.7 Å². The number of imidazole rings is 1.